The molecule has 1 heterocycles. The van der Waals surface area contributed by atoms with Crippen LogP contribution in [0.1, 0.15) is 15.9 Å². The summed E-state index contributed by atoms with van der Waals surface area (Å²) in [6.45, 7) is 0.290. The summed E-state index contributed by atoms with van der Waals surface area (Å²) in [6.07, 6.45) is 2.59. The topological polar surface area (TPSA) is 22.0 Å². The van der Waals surface area contributed by atoms with Gasteiger partial charge in [0, 0.05) is 34.3 Å². The highest BCUT2D eigenvalue weighted by Crippen LogP contribution is 2.21. The first-order chi connectivity index (χ1) is 9.69. The molecule has 0 saturated carbocycles. The number of carbonyl (C=O) groups is 1. The fourth-order valence-electron chi connectivity index (χ4n) is 2.32. The smallest absolute Gasteiger partial charge is 0.150 e. The molecule has 3 aromatic rings. The van der Waals surface area contributed by atoms with E-state index < -0.39 is 11.6 Å². The number of hydrogen-bond acceptors (Lipinski definition) is 1. The Morgan fingerprint density at radius 3 is 2.70 bits per heavy atom. The van der Waals surface area contributed by atoms with Gasteiger partial charge >= 0.3 is 0 Å². The van der Waals surface area contributed by atoms with Crippen molar-refractivity contribution in [3.63, 3.8) is 0 Å². The molecule has 0 aliphatic rings. The van der Waals surface area contributed by atoms with Crippen LogP contribution in [0, 0.1) is 11.6 Å². The molecule has 0 saturated heterocycles. The van der Waals surface area contributed by atoms with E-state index in [1.54, 1.807) is 18.3 Å². The van der Waals surface area contributed by atoms with Gasteiger partial charge in [-0.05, 0) is 18.2 Å². The molecule has 0 bridgehead atoms. The number of rotatable bonds is 3. The van der Waals surface area contributed by atoms with E-state index in [4.69, 9.17) is 0 Å². The van der Waals surface area contributed by atoms with Crippen LogP contribution >= 0.6 is 0 Å². The van der Waals surface area contributed by atoms with Gasteiger partial charge in [0.25, 0.3) is 0 Å². The second kappa shape index (κ2) is 4.89. The molecule has 4 heteroatoms. The standard InChI is InChI=1S/C16H11F2NO/c17-13-5-4-11(15(18)8-13)9-19-7-6-14-12(10-20)2-1-3-16(14)19/h1-8,10H,9H2. The Hall–Kier alpha value is -2.49. The van der Waals surface area contributed by atoms with Crippen molar-refractivity contribution >= 4 is 17.2 Å². The van der Waals surface area contributed by atoms with Crippen molar-refractivity contribution in [1.82, 2.24) is 4.57 Å². The van der Waals surface area contributed by atoms with E-state index in [0.29, 0.717) is 11.1 Å². The zero-order valence-corrected chi connectivity index (χ0v) is 10.5. The van der Waals surface area contributed by atoms with Gasteiger partial charge in [-0.25, -0.2) is 8.78 Å². The lowest BCUT2D eigenvalue weighted by Gasteiger charge is -2.07. The molecule has 100 valence electrons. The summed E-state index contributed by atoms with van der Waals surface area (Å²) in [6, 6.07) is 10.7. The second-order valence-corrected chi connectivity index (χ2v) is 4.58. The number of fused-ring (bicyclic) bond motifs is 1. The highest BCUT2D eigenvalue weighted by Gasteiger charge is 2.08. The quantitative estimate of drug-likeness (QED) is 0.664. The number of carbonyl (C=O) groups excluding carboxylic acids is 1. The van der Waals surface area contributed by atoms with Gasteiger partial charge in [0.1, 0.15) is 11.6 Å². The molecule has 2 nitrogen and oxygen atoms in total. The van der Waals surface area contributed by atoms with Crippen molar-refractivity contribution in [3.8, 4) is 0 Å². The summed E-state index contributed by atoms with van der Waals surface area (Å²) in [5.41, 5.74) is 1.85. The van der Waals surface area contributed by atoms with E-state index in [-0.39, 0.29) is 6.54 Å². The number of benzene rings is 2. The number of aldehydes is 1. The van der Waals surface area contributed by atoms with Crippen molar-refractivity contribution < 1.29 is 13.6 Å². The van der Waals surface area contributed by atoms with Crippen LogP contribution in [0.3, 0.4) is 0 Å². The van der Waals surface area contributed by atoms with E-state index in [9.17, 15) is 13.6 Å². The molecule has 0 amide bonds. The summed E-state index contributed by atoms with van der Waals surface area (Å²) in [7, 11) is 0. The molecule has 2 aromatic carbocycles. The third-order valence-corrected chi connectivity index (χ3v) is 3.33. The van der Waals surface area contributed by atoms with Crippen LogP contribution in [0.4, 0.5) is 8.78 Å². The maximum atomic E-state index is 13.7. The third-order valence-electron chi connectivity index (χ3n) is 3.33. The van der Waals surface area contributed by atoms with Crippen LogP contribution < -0.4 is 0 Å². The van der Waals surface area contributed by atoms with E-state index >= 15 is 0 Å². The number of nitrogens with zero attached hydrogens (tertiary/aromatic N) is 1. The summed E-state index contributed by atoms with van der Waals surface area (Å²) >= 11 is 0. The lowest BCUT2D eigenvalue weighted by Crippen LogP contribution is -2.01. The lowest BCUT2D eigenvalue weighted by molar-refractivity contribution is 0.112. The fraction of sp³-hybridized carbons (Fsp3) is 0.0625. The molecular formula is C16H11F2NO. The Morgan fingerprint density at radius 2 is 1.95 bits per heavy atom. The summed E-state index contributed by atoms with van der Waals surface area (Å²) in [5.74, 6) is -1.16. The summed E-state index contributed by atoms with van der Waals surface area (Å²) in [5, 5.41) is 0.824. The third kappa shape index (κ3) is 2.09. The van der Waals surface area contributed by atoms with E-state index in [1.807, 2.05) is 16.7 Å². The zero-order chi connectivity index (χ0) is 14.1. The van der Waals surface area contributed by atoms with E-state index in [2.05, 4.69) is 0 Å². The van der Waals surface area contributed by atoms with E-state index in [0.717, 1.165) is 23.3 Å². The second-order valence-electron chi connectivity index (χ2n) is 4.58. The molecule has 20 heavy (non-hydrogen) atoms. The van der Waals surface area contributed by atoms with Crippen LogP contribution in [0.25, 0.3) is 10.9 Å². The van der Waals surface area contributed by atoms with E-state index in [1.165, 1.54) is 12.1 Å². The molecule has 0 aliphatic heterocycles. The van der Waals surface area contributed by atoms with Crippen molar-refractivity contribution in [1.29, 1.82) is 0 Å². The Balaban J connectivity index is 2.05. The van der Waals surface area contributed by atoms with Gasteiger partial charge in [0.05, 0.1) is 6.54 Å². The molecule has 0 N–H and O–H groups in total. The number of halogens is 2. The molecular weight excluding hydrogens is 260 g/mol. The van der Waals surface area contributed by atoms with Gasteiger partial charge in [0.15, 0.2) is 6.29 Å². The zero-order valence-electron chi connectivity index (χ0n) is 10.5. The van der Waals surface area contributed by atoms with Crippen molar-refractivity contribution in [2.24, 2.45) is 0 Å². The van der Waals surface area contributed by atoms with Gasteiger partial charge < -0.3 is 4.57 Å². The molecule has 3 rings (SSSR count). The van der Waals surface area contributed by atoms with Crippen molar-refractivity contribution in [3.05, 3.63) is 71.4 Å². The minimum atomic E-state index is -0.591. The lowest BCUT2D eigenvalue weighted by atomic mass is 10.1. The molecule has 0 unspecified atom stereocenters. The van der Waals surface area contributed by atoms with Crippen LogP contribution in [0.15, 0.2) is 48.7 Å². The SMILES string of the molecule is O=Cc1cccc2c1ccn2Cc1ccc(F)cc1F. The largest absolute Gasteiger partial charge is 0.343 e. The fourth-order valence-corrected chi connectivity index (χ4v) is 2.32. The molecule has 0 atom stereocenters. The monoisotopic (exact) mass is 271 g/mol. The Morgan fingerprint density at radius 1 is 1.10 bits per heavy atom. The Kier molecular flexibility index (Phi) is 3.06. The summed E-state index contributed by atoms with van der Waals surface area (Å²) in [4.78, 5) is 11.0. The number of hydrogen-bond donors (Lipinski definition) is 0. The average Bonchev–Trinajstić information content (AvgIpc) is 2.85. The molecule has 0 aliphatic carbocycles. The maximum absolute atomic E-state index is 13.7. The Bertz CT molecular complexity index is 792. The maximum Gasteiger partial charge on any atom is 0.150 e. The highest BCUT2D eigenvalue weighted by molar-refractivity contribution is 5.97. The average molecular weight is 271 g/mol. The van der Waals surface area contributed by atoms with Gasteiger partial charge in [-0.3, -0.25) is 4.79 Å². The molecule has 0 fully saturated rings. The highest BCUT2D eigenvalue weighted by atomic mass is 19.1. The van der Waals surface area contributed by atoms with Crippen LogP contribution in [-0.2, 0) is 6.54 Å². The predicted molar refractivity (Wildman–Crippen MR) is 72.8 cm³/mol. The molecule has 1 aromatic heterocycles. The van der Waals surface area contributed by atoms with Crippen LogP contribution in [-0.4, -0.2) is 10.9 Å². The minimum absolute atomic E-state index is 0.290. The van der Waals surface area contributed by atoms with Crippen molar-refractivity contribution in [2.45, 2.75) is 6.54 Å². The Labute approximate surface area is 114 Å². The first-order valence-electron chi connectivity index (χ1n) is 6.16. The molecule has 0 radical (unpaired) electrons. The van der Waals surface area contributed by atoms with Gasteiger partial charge in [-0.1, -0.05) is 18.2 Å². The number of aromatic nitrogens is 1. The predicted octanol–water partition coefficient (Wildman–Crippen LogP) is 3.78. The van der Waals surface area contributed by atoms with Gasteiger partial charge in [-0.15, -0.1) is 0 Å². The van der Waals surface area contributed by atoms with Gasteiger partial charge in [-0.2, -0.15) is 0 Å². The minimum Gasteiger partial charge on any atom is -0.343 e. The van der Waals surface area contributed by atoms with Crippen LogP contribution in [0.2, 0.25) is 0 Å². The molecule has 0 spiro atoms. The normalized spacial score (nSPS) is 10.9. The van der Waals surface area contributed by atoms with Crippen molar-refractivity contribution in [2.75, 3.05) is 0 Å². The summed E-state index contributed by atoms with van der Waals surface area (Å²) < 4.78 is 28.4. The first-order valence-corrected chi connectivity index (χ1v) is 6.16. The van der Waals surface area contributed by atoms with Gasteiger partial charge in [0.2, 0.25) is 0 Å². The van der Waals surface area contributed by atoms with Crippen LogP contribution in [0.5, 0.6) is 0 Å². The first kappa shape index (κ1) is 12.5.